The summed E-state index contributed by atoms with van der Waals surface area (Å²) in [6.45, 7) is 2.64. The molecule has 1 fully saturated rings. The van der Waals surface area contributed by atoms with Gasteiger partial charge in [0.05, 0.1) is 13.2 Å². The van der Waals surface area contributed by atoms with E-state index in [2.05, 4.69) is 19.1 Å². The summed E-state index contributed by atoms with van der Waals surface area (Å²) in [7, 11) is 0. The van der Waals surface area contributed by atoms with Gasteiger partial charge in [0, 0.05) is 6.61 Å². The van der Waals surface area contributed by atoms with E-state index in [1.54, 1.807) is 0 Å². The van der Waals surface area contributed by atoms with Crippen LogP contribution < -0.4 is 0 Å². The lowest BCUT2D eigenvalue weighted by molar-refractivity contribution is -0.0730. The fraction of sp³-hybridized carbons (Fsp3) is 0.900. The van der Waals surface area contributed by atoms with E-state index in [1.165, 1.54) is 44.9 Å². The molecule has 0 aromatic carbocycles. The Morgan fingerprint density at radius 3 is 2.32 bits per heavy atom. The van der Waals surface area contributed by atoms with Crippen molar-refractivity contribution in [3.63, 3.8) is 0 Å². The highest BCUT2D eigenvalue weighted by molar-refractivity contribution is 4.88. The smallest absolute Gasteiger partial charge is 0.114 e. The van der Waals surface area contributed by atoms with Crippen molar-refractivity contribution < 1.29 is 24.8 Å². The maximum absolute atomic E-state index is 10.0. The first-order valence-corrected chi connectivity index (χ1v) is 10.1. The first-order valence-electron chi connectivity index (χ1n) is 10.1. The van der Waals surface area contributed by atoms with Crippen molar-refractivity contribution >= 4 is 0 Å². The highest BCUT2D eigenvalue weighted by Gasteiger charge is 2.40. The molecule has 0 aliphatic carbocycles. The number of aliphatic hydroxyl groups excluding tert-OH is 3. The second-order valence-corrected chi connectivity index (χ2v) is 6.94. The van der Waals surface area contributed by atoms with Gasteiger partial charge in [0.2, 0.25) is 0 Å². The molecular formula is C20H38O5. The number of hydrogen-bond donors (Lipinski definition) is 3. The molecule has 1 heterocycles. The van der Waals surface area contributed by atoms with Crippen molar-refractivity contribution in [2.45, 2.75) is 95.5 Å². The van der Waals surface area contributed by atoms with Crippen molar-refractivity contribution in [1.29, 1.82) is 0 Å². The minimum absolute atomic E-state index is 0.274. The third kappa shape index (κ3) is 9.71. The molecular weight excluding hydrogens is 320 g/mol. The number of allylic oxidation sites excluding steroid dienone is 2. The van der Waals surface area contributed by atoms with Crippen molar-refractivity contribution in [2.24, 2.45) is 0 Å². The van der Waals surface area contributed by atoms with Crippen LogP contribution in [0.2, 0.25) is 0 Å². The predicted molar refractivity (Wildman–Crippen MR) is 99.6 cm³/mol. The Balaban J connectivity index is 1.88. The standard InChI is InChI=1S/C20H38O5/c1-2-3-4-5-6-7-8-9-10-11-12-13-14-24-18-16-25-20(19(18)23)17(22)15-21/h3-4,17-23H,2,5-16H2,1H3/b4-3+/t17-,18+,19+,20+/m0/s1. The molecule has 0 aromatic heterocycles. The average molecular weight is 359 g/mol. The molecule has 1 rings (SSSR count). The lowest BCUT2D eigenvalue weighted by Crippen LogP contribution is -2.41. The van der Waals surface area contributed by atoms with E-state index in [4.69, 9.17) is 14.6 Å². The van der Waals surface area contributed by atoms with Crippen LogP contribution in [0.4, 0.5) is 0 Å². The van der Waals surface area contributed by atoms with E-state index >= 15 is 0 Å². The molecule has 0 radical (unpaired) electrons. The van der Waals surface area contributed by atoms with Crippen LogP contribution in [-0.4, -0.2) is 59.6 Å². The summed E-state index contributed by atoms with van der Waals surface area (Å²) in [5, 5.41) is 28.5. The Labute approximate surface area is 153 Å². The zero-order chi connectivity index (χ0) is 18.3. The highest BCUT2D eigenvalue weighted by atomic mass is 16.6. The third-order valence-electron chi connectivity index (χ3n) is 4.74. The maximum Gasteiger partial charge on any atom is 0.114 e. The molecule has 0 aromatic rings. The summed E-state index contributed by atoms with van der Waals surface area (Å²) < 4.78 is 11.0. The first kappa shape index (κ1) is 22.6. The van der Waals surface area contributed by atoms with Gasteiger partial charge in [-0.15, -0.1) is 0 Å². The van der Waals surface area contributed by atoms with Gasteiger partial charge in [-0.05, 0) is 25.7 Å². The van der Waals surface area contributed by atoms with Crippen molar-refractivity contribution in [3.8, 4) is 0 Å². The lowest BCUT2D eigenvalue weighted by atomic mass is 10.1. The average Bonchev–Trinajstić information content (AvgIpc) is 2.99. The number of ether oxygens (including phenoxy) is 2. The van der Waals surface area contributed by atoms with Crippen LogP contribution in [0.3, 0.4) is 0 Å². The molecule has 1 aliphatic rings. The Kier molecular flexibility index (Phi) is 13.3. The monoisotopic (exact) mass is 358 g/mol. The largest absolute Gasteiger partial charge is 0.394 e. The topological polar surface area (TPSA) is 79.2 Å². The maximum atomic E-state index is 10.0. The molecule has 3 N–H and O–H groups in total. The van der Waals surface area contributed by atoms with E-state index in [0.717, 1.165) is 19.3 Å². The van der Waals surface area contributed by atoms with Crippen LogP contribution in [0.25, 0.3) is 0 Å². The number of unbranched alkanes of at least 4 members (excludes halogenated alkanes) is 8. The molecule has 5 nitrogen and oxygen atoms in total. The van der Waals surface area contributed by atoms with Gasteiger partial charge in [-0.2, -0.15) is 0 Å². The predicted octanol–water partition coefficient (Wildman–Crippen LogP) is 2.96. The lowest BCUT2D eigenvalue weighted by Gasteiger charge is -2.20. The van der Waals surface area contributed by atoms with Crippen molar-refractivity contribution in [1.82, 2.24) is 0 Å². The number of rotatable bonds is 15. The molecule has 0 spiro atoms. The molecule has 4 atom stereocenters. The van der Waals surface area contributed by atoms with E-state index in [9.17, 15) is 10.2 Å². The van der Waals surface area contributed by atoms with E-state index in [0.29, 0.717) is 6.61 Å². The summed E-state index contributed by atoms with van der Waals surface area (Å²) in [6.07, 6.45) is 13.8. The van der Waals surface area contributed by atoms with E-state index in [-0.39, 0.29) is 6.61 Å². The van der Waals surface area contributed by atoms with Crippen molar-refractivity contribution in [3.05, 3.63) is 12.2 Å². The summed E-state index contributed by atoms with van der Waals surface area (Å²) in [4.78, 5) is 0. The summed E-state index contributed by atoms with van der Waals surface area (Å²) in [6, 6.07) is 0. The Hall–Kier alpha value is -0.460. The molecule has 1 aliphatic heterocycles. The van der Waals surface area contributed by atoms with Crippen LogP contribution >= 0.6 is 0 Å². The van der Waals surface area contributed by atoms with Crippen molar-refractivity contribution in [2.75, 3.05) is 19.8 Å². The molecule has 0 amide bonds. The van der Waals surface area contributed by atoms with E-state index in [1.807, 2.05) is 0 Å². The second kappa shape index (κ2) is 14.7. The van der Waals surface area contributed by atoms with Gasteiger partial charge in [-0.25, -0.2) is 0 Å². The summed E-state index contributed by atoms with van der Waals surface area (Å²) in [5.74, 6) is 0. The highest BCUT2D eigenvalue weighted by Crippen LogP contribution is 2.20. The van der Waals surface area contributed by atoms with Gasteiger partial charge in [0.15, 0.2) is 0 Å². The molecule has 5 heteroatoms. The van der Waals surface area contributed by atoms with E-state index < -0.39 is 31.0 Å². The van der Waals surface area contributed by atoms with Gasteiger partial charge in [0.1, 0.15) is 24.4 Å². The van der Waals surface area contributed by atoms with Crippen LogP contribution in [0.1, 0.15) is 71.1 Å². The normalized spacial score (nSPS) is 25.0. The molecule has 25 heavy (non-hydrogen) atoms. The SMILES string of the molecule is CC/C=C/CCCCCCCCCCO[C@@H]1CO[C@H]([C@@H](O)CO)[C@@H]1O. The van der Waals surface area contributed by atoms with Gasteiger partial charge >= 0.3 is 0 Å². The second-order valence-electron chi connectivity index (χ2n) is 6.94. The fourth-order valence-electron chi connectivity index (χ4n) is 3.15. The van der Waals surface area contributed by atoms with Gasteiger partial charge in [0.25, 0.3) is 0 Å². The van der Waals surface area contributed by atoms with Gasteiger partial charge in [-0.1, -0.05) is 57.6 Å². The summed E-state index contributed by atoms with van der Waals surface area (Å²) >= 11 is 0. The minimum atomic E-state index is -1.05. The number of hydrogen-bond acceptors (Lipinski definition) is 5. The van der Waals surface area contributed by atoms with Gasteiger partial charge in [-0.3, -0.25) is 0 Å². The molecule has 0 unspecified atom stereocenters. The quantitative estimate of drug-likeness (QED) is 0.310. The Morgan fingerprint density at radius 2 is 1.68 bits per heavy atom. The summed E-state index contributed by atoms with van der Waals surface area (Å²) in [5.41, 5.74) is 0. The van der Waals surface area contributed by atoms with Gasteiger partial charge < -0.3 is 24.8 Å². The molecule has 148 valence electrons. The molecule has 1 saturated heterocycles. The zero-order valence-corrected chi connectivity index (χ0v) is 15.8. The van der Waals surface area contributed by atoms with Crippen LogP contribution in [0.5, 0.6) is 0 Å². The fourth-order valence-corrected chi connectivity index (χ4v) is 3.15. The molecule has 0 bridgehead atoms. The zero-order valence-electron chi connectivity index (χ0n) is 15.8. The third-order valence-corrected chi connectivity index (χ3v) is 4.74. The Bertz CT molecular complexity index is 334. The minimum Gasteiger partial charge on any atom is -0.394 e. The first-order chi connectivity index (χ1) is 12.2. The van der Waals surface area contributed by atoms with Crippen LogP contribution in [0.15, 0.2) is 12.2 Å². The van der Waals surface area contributed by atoms with Crippen LogP contribution in [-0.2, 0) is 9.47 Å². The Morgan fingerprint density at radius 1 is 1.04 bits per heavy atom. The molecule has 0 saturated carbocycles. The van der Waals surface area contributed by atoms with Crippen LogP contribution in [0, 0.1) is 0 Å². The number of aliphatic hydroxyl groups is 3.